The van der Waals surface area contributed by atoms with Gasteiger partial charge in [-0.25, -0.2) is 0 Å². The van der Waals surface area contributed by atoms with Crippen molar-refractivity contribution in [1.82, 2.24) is 4.90 Å². The van der Waals surface area contributed by atoms with E-state index in [0.29, 0.717) is 0 Å². The highest BCUT2D eigenvalue weighted by molar-refractivity contribution is 8.14. The summed E-state index contributed by atoms with van der Waals surface area (Å²) in [4.78, 5) is 6.39. The minimum atomic E-state index is -0.873. The first kappa shape index (κ1) is 13.1. The van der Waals surface area contributed by atoms with Crippen LogP contribution in [0.3, 0.4) is 0 Å². The molecule has 17 heavy (non-hydrogen) atoms. The van der Waals surface area contributed by atoms with Gasteiger partial charge < -0.3 is 20.2 Å². The number of fused-ring (bicyclic) bond motifs is 1. The van der Waals surface area contributed by atoms with Gasteiger partial charge in [0, 0.05) is 12.3 Å². The molecule has 3 N–H and O–H groups in total. The number of rotatable bonds is 4. The van der Waals surface area contributed by atoms with Crippen molar-refractivity contribution in [2.75, 3.05) is 18.9 Å². The number of nitrogens with zero attached hydrogens (tertiary/aromatic N) is 2. The van der Waals surface area contributed by atoms with Crippen LogP contribution in [0.5, 0.6) is 0 Å². The zero-order valence-corrected chi connectivity index (χ0v) is 10.8. The lowest BCUT2D eigenvalue weighted by Crippen LogP contribution is -2.41. The topological polar surface area (TPSA) is 76.3 Å². The van der Waals surface area contributed by atoms with Gasteiger partial charge in [-0.3, -0.25) is 4.99 Å². The Labute approximate surface area is 106 Å². The van der Waals surface area contributed by atoms with Gasteiger partial charge in [-0.2, -0.15) is 0 Å². The van der Waals surface area contributed by atoms with Gasteiger partial charge in [-0.1, -0.05) is 25.1 Å². The van der Waals surface area contributed by atoms with Crippen molar-refractivity contribution in [3.05, 3.63) is 0 Å². The second-order valence-corrected chi connectivity index (χ2v) is 5.52. The molecule has 2 fully saturated rings. The van der Waals surface area contributed by atoms with Gasteiger partial charge in [-0.15, -0.1) is 0 Å². The van der Waals surface area contributed by atoms with E-state index in [2.05, 4.69) is 11.9 Å². The predicted molar refractivity (Wildman–Crippen MR) is 68.2 cm³/mol. The van der Waals surface area contributed by atoms with E-state index < -0.39 is 18.2 Å². The van der Waals surface area contributed by atoms with Crippen LogP contribution >= 0.6 is 11.8 Å². The van der Waals surface area contributed by atoms with Gasteiger partial charge in [0.25, 0.3) is 0 Å². The number of aliphatic imine (C=N–C) groups is 1. The van der Waals surface area contributed by atoms with Crippen molar-refractivity contribution in [2.45, 2.75) is 44.1 Å². The average Bonchev–Trinajstić information content (AvgIpc) is 2.82. The number of hydrogen-bond acceptors (Lipinski definition) is 5. The van der Waals surface area contributed by atoms with E-state index in [1.54, 1.807) is 11.8 Å². The van der Waals surface area contributed by atoms with Crippen LogP contribution in [0.2, 0.25) is 0 Å². The van der Waals surface area contributed by atoms with Gasteiger partial charge in [0.15, 0.2) is 5.17 Å². The summed E-state index contributed by atoms with van der Waals surface area (Å²) in [5, 5.41) is 29.9. The van der Waals surface area contributed by atoms with Crippen LogP contribution < -0.4 is 0 Å². The molecule has 2 heterocycles. The lowest BCUT2D eigenvalue weighted by atomic mass is 10.1. The number of unbranched alkanes of at least 4 members (excludes halogenated alkanes) is 1. The van der Waals surface area contributed by atoms with Crippen molar-refractivity contribution in [1.29, 1.82) is 0 Å². The fourth-order valence-electron chi connectivity index (χ4n) is 2.38. The predicted octanol–water partition coefficient (Wildman–Crippen LogP) is -0.344. The van der Waals surface area contributed by atoms with Crippen LogP contribution in [0, 0.1) is 0 Å². The third-order valence-electron chi connectivity index (χ3n) is 3.40. The Kier molecular flexibility index (Phi) is 4.30. The second kappa shape index (κ2) is 5.56. The molecule has 0 aromatic carbocycles. The first-order valence-corrected chi connectivity index (χ1v) is 7.11. The zero-order valence-electron chi connectivity index (χ0n) is 9.99. The minimum absolute atomic E-state index is 0.104. The smallest absolute Gasteiger partial charge is 0.160 e. The van der Waals surface area contributed by atoms with Crippen molar-refractivity contribution in [3.8, 4) is 0 Å². The summed E-state index contributed by atoms with van der Waals surface area (Å²) in [6.45, 7) is 2.74. The molecule has 0 saturated carbocycles. The molecule has 5 nitrogen and oxygen atoms in total. The lowest BCUT2D eigenvalue weighted by Gasteiger charge is -2.24. The number of amidine groups is 1. The van der Waals surface area contributed by atoms with Gasteiger partial charge in [0.2, 0.25) is 0 Å². The summed E-state index contributed by atoms with van der Waals surface area (Å²) < 4.78 is 0. The molecule has 2 saturated heterocycles. The van der Waals surface area contributed by atoms with E-state index >= 15 is 0 Å². The van der Waals surface area contributed by atoms with Crippen LogP contribution in [0.25, 0.3) is 0 Å². The van der Waals surface area contributed by atoms with Crippen molar-refractivity contribution in [3.63, 3.8) is 0 Å². The maximum atomic E-state index is 9.89. The summed E-state index contributed by atoms with van der Waals surface area (Å²) in [7, 11) is 0. The molecule has 98 valence electrons. The van der Waals surface area contributed by atoms with Crippen molar-refractivity contribution in [2.24, 2.45) is 4.99 Å². The third-order valence-corrected chi connectivity index (χ3v) is 4.51. The Bertz CT molecular complexity index is 298. The SMILES string of the molecule is CCCCN=C1SC[C@H]2[C@H](O)[C@@H](O)[C@H](CO)N12. The lowest BCUT2D eigenvalue weighted by molar-refractivity contribution is 0.0206. The molecular weight excluding hydrogens is 240 g/mol. The zero-order chi connectivity index (χ0) is 12.4. The number of aliphatic hydroxyl groups excluding tert-OH is 3. The quantitative estimate of drug-likeness (QED) is 0.603. The van der Waals surface area contributed by atoms with Gasteiger partial charge in [0.05, 0.1) is 18.7 Å². The van der Waals surface area contributed by atoms with Crippen molar-refractivity contribution < 1.29 is 15.3 Å². The van der Waals surface area contributed by atoms with Gasteiger partial charge in [0.1, 0.15) is 12.2 Å². The second-order valence-electron chi connectivity index (χ2n) is 4.53. The van der Waals surface area contributed by atoms with Crippen LogP contribution in [0.4, 0.5) is 0 Å². The van der Waals surface area contributed by atoms with Crippen LogP contribution in [0.15, 0.2) is 4.99 Å². The molecular formula is C11H20N2O3S. The first-order valence-electron chi connectivity index (χ1n) is 6.13. The maximum absolute atomic E-state index is 9.89. The molecule has 2 aliphatic heterocycles. The molecule has 0 amide bonds. The van der Waals surface area contributed by atoms with Crippen LogP contribution in [-0.2, 0) is 0 Å². The molecule has 6 heteroatoms. The van der Waals surface area contributed by atoms with Crippen LogP contribution in [0.1, 0.15) is 19.8 Å². The summed E-state index contributed by atoms with van der Waals surface area (Å²) in [5.41, 5.74) is 0. The fourth-order valence-corrected chi connectivity index (χ4v) is 3.66. The number of thioether (sulfide) groups is 1. The molecule has 0 bridgehead atoms. The summed E-state index contributed by atoms with van der Waals surface area (Å²) in [6, 6.07) is -0.516. The Morgan fingerprint density at radius 2 is 2.18 bits per heavy atom. The van der Waals surface area contributed by atoms with E-state index in [0.717, 1.165) is 30.3 Å². The van der Waals surface area contributed by atoms with E-state index in [9.17, 15) is 15.3 Å². The Balaban J connectivity index is 2.10. The monoisotopic (exact) mass is 260 g/mol. The van der Waals surface area contributed by atoms with Gasteiger partial charge >= 0.3 is 0 Å². The van der Waals surface area contributed by atoms with E-state index in [1.807, 2.05) is 4.90 Å². The molecule has 2 aliphatic rings. The summed E-state index contributed by atoms with van der Waals surface area (Å²) in [5.74, 6) is 0.736. The molecule has 0 aromatic heterocycles. The summed E-state index contributed by atoms with van der Waals surface area (Å²) in [6.07, 6.45) is 0.484. The Morgan fingerprint density at radius 1 is 1.41 bits per heavy atom. The Hall–Kier alpha value is -0.300. The molecule has 0 unspecified atom stereocenters. The van der Waals surface area contributed by atoms with Gasteiger partial charge in [-0.05, 0) is 6.42 Å². The number of hydrogen-bond donors (Lipinski definition) is 3. The van der Waals surface area contributed by atoms with E-state index in [4.69, 9.17) is 0 Å². The summed E-state index contributed by atoms with van der Waals surface area (Å²) >= 11 is 1.60. The first-order chi connectivity index (χ1) is 8.20. The van der Waals surface area contributed by atoms with E-state index in [-0.39, 0.29) is 12.6 Å². The maximum Gasteiger partial charge on any atom is 0.160 e. The average molecular weight is 260 g/mol. The molecule has 0 aliphatic carbocycles. The molecule has 0 radical (unpaired) electrons. The van der Waals surface area contributed by atoms with Crippen LogP contribution in [-0.4, -0.2) is 68.6 Å². The normalized spacial score (nSPS) is 39.1. The largest absolute Gasteiger partial charge is 0.394 e. The fraction of sp³-hybridized carbons (Fsp3) is 0.909. The number of aliphatic hydroxyl groups is 3. The highest BCUT2D eigenvalue weighted by Gasteiger charge is 2.51. The minimum Gasteiger partial charge on any atom is -0.394 e. The van der Waals surface area contributed by atoms with Crippen molar-refractivity contribution >= 4 is 16.9 Å². The highest BCUT2D eigenvalue weighted by Crippen LogP contribution is 2.36. The molecule has 0 aromatic rings. The standard InChI is InChI=1S/C11H20N2O3S/c1-2-3-4-12-11-13-7(5-14)9(15)10(16)8(13)6-17-11/h7-10,14-16H,2-6H2,1H3/t7-,8-,9-,10-/m0/s1. The molecule has 4 atom stereocenters. The molecule has 2 rings (SSSR count). The highest BCUT2D eigenvalue weighted by atomic mass is 32.2. The third kappa shape index (κ3) is 2.31. The van der Waals surface area contributed by atoms with E-state index in [1.165, 1.54) is 0 Å². The molecule has 0 spiro atoms. The Morgan fingerprint density at radius 3 is 2.82 bits per heavy atom.